The van der Waals surface area contributed by atoms with Crippen LogP contribution < -0.4 is 0 Å². The third kappa shape index (κ3) is 1.96. The van der Waals surface area contributed by atoms with E-state index >= 15 is 0 Å². The SMILES string of the molecule is Cc1sccc1C(=O)c1ccccc1Cl. The Morgan fingerprint density at radius 2 is 1.93 bits per heavy atom. The second-order valence-electron chi connectivity index (χ2n) is 3.20. The van der Waals surface area contributed by atoms with Crippen LogP contribution in [0.1, 0.15) is 20.8 Å². The number of rotatable bonds is 2. The van der Waals surface area contributed by atoms with E-state index in [2.05, 4.69) is 0 Å². The second-order valence-corrected chi connectivity index (χ2v) is 4.73. The number of carbonyl (C=O) groups excluding carboxylic acids is 1. The summed E-state index contributed by atoms with van der Waals surface area (Å²) in [6, 6.07) is 8.96. The molecule has 15 heavy (non-hydrogen) atoms. The lowest BCUT2D eigenvalue weighted by atomic mass is 10.0. The number of thiophene rings is 1. The highest BCUT2D eigenvalue weighted by Gasteiger charge is 2.14. The molecule has 0 aliphatic carbocycles. The Morgan fingerprint density at radius 3 is 2.53 bits per heavy atom. The van der Waals surface area contributed by atoms with E-state index in [0.717, 1.165) is 10.4 Å². The Hall–Kier alpha value is -1.12. The summed E-state index contributed by atoms with van der Waals surface area (Å²) in [7, 11) is 0. The molecule has 1 heterocycles. The number of hydrogen-bond donors (Lipinski definition) is 0. The molecule has 0 amide bonds. The van der Waals surface area contributed by atoms with Crippen molar-refractivity contribution in [2.45, 2.75) is 6.92 Å². The quantitative estimate of drug-likeness (QED) is 0.722. The monoisotopic (exact) mass is 236 g/mol. The zero-order chi connectivity index (χ0) is 10.8. The van der Waals surface area contributed by atoms with Gasteiger partial charge in [-0.25, -0.2) is 0 Å². The van der Waals surface area contributed by atoms with Gasteiger partial charge in [0.25, 0.3) is 0 Å². The minimum atomic E-state index is -0.000602. The van der Waals surface area contributed by atoms with Gasteiger partial charge in [0.05, 0.1) is 5.02 Å². The number of aryl methyl sites for hydroxylation is 1. The van der Waals surface area contributed by atoms with E-state index in [4.69, 9.17) is 11.6 Å². The van der Waals surface area contributed by atoms with Gasteiger partial charge in [0.1, 0.15) is 0 Å². The van der Waals surface area contributed by atoms with Crippen molar-refractivity contribution >= 4 is 28.7 Å². The Bertz CT molecular complexity index is 502. The molecular weight excluding hydrogens is 228 g/mol. The first-order valence-electron chi connectivity index (χ1n) is 4.53. The summed E-state index contributed by atoms with van der Waals surface area (Å²) in [6.07, 6.45) is 0. The van der Waals surface area contributed by atoms with E-state index in [1.165, 1.54) is 0 Å². The Morgan fingerprint density at radius 1 is 1.20 bits per heavy atom. The van der Waals surface area contributed by atoms with Gasteiger partial charge in [0.2, 0.25) is 0 Å². The van der Waals surface area contributed by atoms with Crippen LogP contribution in [0.2, 0.25) is 5.02 Å². The Labute approximate surface area is 97.3 Å². The van der Waals surface area contributed by atoms with E-state index < -0.39 is 0 Å². The summed E-state index contributed by atoms with van der Waals surface area (Å²) in [5.41, 5.74) is 1.31. The van der Waals surface area contributed by atoms with Crippen LogP contribution in [0.15, 0.2) is 35.7 Å². The molecule has 3 heteroatoms. The molecule has 0 atom stereocenters. The molecule has 2 aromatic rings. The van der Waals surface area contributed by atoms with E-state index in [-0.39, 0.29) is 5.78 Å². The highest BCUT2D eigenvalue weighted by Crippen LogP contribution is 2.23. The summed E-state index contributed by atoms with van der Waals surface area (Å²) in [4.78, 5) is 13.1. The first-order chi connectivity index (χ1) is 7.20. The molecule has 1 aromatic carbocycles. The standard InChI is InChI=1S/C12H9ClOS/c1-8-9(6-7-15-8)12(14)10-4-2-3-5-11(10)13/h2-7H,1H3. The first-order valence-corrected chi connectivity index (χ1v) is 5.79. The number of hydrogen-bond acceptors (Lipinski definition) is 2. The predicted molar refractivity (Wildman–Crippen MR) is 63.9 cm³/mol. The van der Waals surface area contributed by atoms with Gasteiger partial charge in [-0.3, -0.25) is 4.79 Å². The van der Waals surface area contributed by atoms with Crippen LogP contribution in [0.25, 0.3) is 0 Å². The summed E-state index contributed by atoms with van der Waals surface area (Å²) < 4.78 is 0. The lowest BCUT2D eigenvalue weighted by molar-refractivity contribution is 0.103. The molecular formula is C12H9ClOS. The van der Waals surface area contributed by atoms with Crippen LogP contribution in [0.4, 0.5) is 0 Å². The van der Waals surface area contributed by atoms with E-state index in [1.54, 1.807) is 23.5 Å². The van der Waals surface area contributed by atoms with Crippen molar-refractivity contribution in [2.75, 3.05) is 0 Å². The molecule has 1 nitrogen and oxygen atoms in total. The first kappa shape index (κ1) is 10.4. The van der Waals surface area contributed by atoms with Crippen molar-refractivity contribution < 1.29 is 4.79 Å². The van der Waals surface area contributed by atoms with Gasteiger partial charge in [-0.05, 0) is 30.5 Å². The van der Waals surface area contributed by atoms with E-state index in [1.807, 2.05) is 30.5 Å². The summed E-state index contributed by atoms with van der Waals surface area (Å²) in [5.74, 6) is -0.000602. The molecule has 0 radical (unpaired) electrons. The zero-order valence-corrected chi connectivity index (χ0v) is 9.73. The van der Waals surface area contributed by atoms with E-state index in [9.17, 15) is 4.79 Å². The smallest absolute Gasteiger partial charge is 0.195 e. The molecule has 0 fully saturated rings. The molecule has 0 aliphatic rings. The van der Waals surface area contributed by atoms with Gasteiger partial charge in [0, 0.05) is 16.0 Å². The molecule has 1 aromatic heterocycles. The topological polar surface area (TPSA) is 17.1 Å². The average Bonchev–Trinajstić information content (AvgIpc) is 2.64. The van der Waals surface area contributed by atoms with Crippen molar-refractivity contribution in [2.24, 2.45) is 0 Å². The Kier molecular flexibility index (Phi) is 2.89. The van der Waals surface area contributed by atoms with Crippen LogP contribution in [-0.2, 0) is 0 Å². The lowest BCUT2D eigenvalue weighted by Crippen LogP contribution is -2.01. The maximum absolute atomic E-state index is 12.1. The zero-order valence-electron chi connectivity index (χ0n) is 8.16. The summed E-state index contributed by atoms with van der Waals surface area (Å²) in [5, 5.41) is 2.42. The molecule has 0 unspecified atom stereocenters. The van der Waals surface area contributed by atoms with Gasteiger partial charge in [0.15, 0.2) is 5.78 Å². The number of carbonyl (C=O) groups is 1. The van der Waals surface area contributed by atoms with Crippen LogP contribution in [0, 0.1) is 6.92 Å². The normalized spacial score (nSPS) is 10.3. The number of benzene rings is 1. The maximum Gasteiger partial charge on any atom is 0.195 e. The third-order valence-corrected chi connectivity index (χ3v) is 3.40. The lowest BCUT2D eigenvalue weighted by Gasteiger charge is -2.02. The number of ketones is 1. The predicted octanol–water partition coefficient (Wildman–Crippen LogP) is 3.94. The second kappa shape index (κ2) is 4.17. The van der Waals surface area contributed by atoms with Gasteiger partial charge in [-0.15, -0.1) is 11.3 Å². The molecule has 0 N–H and O–H groups in total. The highest BCUT2D eigenvalue weighted by atomic mass is 35.5. The third-order valence-electron chi connectivity index (χ3n) is 2.22. The van der Waals surface area contributed by atoms with Crippen LogP contribution in [0.3, 0.4) is 0 Å². The fourth-order valence-corrected chi connectivity index (χ4v) is 2.33. The van der Waals surface area contributed by atoms with Crippen LogP contribution >= 0.6 is 22.9 Å². The molecule has 0 saturated carbocycles. The summed E-state index contributed by atoms with van der Waals surface area (Å²) in [6.45, 7) is 1.94. The minimum Gasteiger partial charge on any atom is -0.289 e. The number of halogens is 1. The van der Waals surface area contributed by atoms with Crippen molar-refractivity contribution in [3.8, 4) is 0 Å². The summed E-state index contributed by atoms with van der Waals surface area (Å²) >= 11 is 7.54. The van der Waals surface area contributed by atoms with Gasteiger partial charge in [-0.1, -0.05) is 23.7 Å². The Balaban J connectivity index is 2.46. The van der Waals surface area contributed by atoms with Crippen LogP contribution in [0.5, 0.6) is 0 Å². The fourth-order valence-electron chi connectivity index (χ4n) is 1.41. The fraction of sp³-hybridized carbons (Fsp3) is 0.0833. The molecule has 2 rings (SSSR count). The van der Waals surface area contributed by atoms with Crippen molar-refractivity contribution in [3.63, 3.8) is 0 Å². The van der Waals surface area contributed by atoms with E-state index in [0.29, 0.717) is 10.6 Å². The van der Waals surface area contributed by atoms with Gasteiger partial charge < -0.3 is 0 Å². The minimum absolute atomic E-state index is 0.000602. The average molecular weight is 237 g/mol. The van der Waals surface area contributed by atoms with Crippen molar-refractivity contribution in [1.82, 2.24) is 0 Å². The highest BCUT2D eigenvalue weighted by molar-refractivity contribution is 7.10. The van der Waals surface area contributed by atoms with Crippen LogP contribution in [-0.4, -0.2) is 5.78 Å². The van der Waals surface area contributed by atoms with Crippen molar-refractivity contribution in [3.05, 3.63) is 56.7 Å². The maximum atomic E-state index is 12.1. The molecule has 0 bridgehead atoms. The van der Waals surface area contributed by atoms with Crippen molar-refractivity contribution in [1.29, 1.82) is 0 Å². The van der Waals surface area contributed by atoms with Gasteiger partial charge in [-0.2, -0.15) is 0 Å². The molecule has 0 aliphatic heterocycles. The molecule has 76 valence electrons. The molecule has 0 spiro atoms. The molecule has 0 saturated heterocycles. The largest absolute Gasteiger partial charge is 0.289 e. The van der Waals surface area contributed by atoms with Gasteiger partial charge >= 0.3 is 0 Å².